The van der Waals surface area contributed by atoms with Gasteiger partial charge in [0.2, 0.25) is 10.0 Å². The molecule has 6 nitrogen and oxygen atoms in total. The van der Waals surface area contributed by atoms with Gasteiger partial charge in [-0.1, -0.05) is 6.07 Å². The van der Waals surface area contributed by atoms with E-state index in [1.165, 1.54) is 10.4 Å². The number of nitrogens with two attached hydrogens (primary N) is 1. The van der Waals surface area contributed by atoms with Gasteiger partial charge in [0.25, 0.3) is 5.91 Å². The van der Waals surface area contributed by atoms with Gasteiger partial charge in [-0.25, -0.2) is 8.42 Å². The molecule has 0 bridgehead atoms. The fraction of sp³-hybridized carbons (Fsp3) is 0.500. The molecule has 2 aliphatic rings. The molecule has 0 aromatic heterocycles. The number of hydrogen-bond donors (Lipinski definition) is 2. The number of rotatable bonds is 2. The molecule has 1 fully saturated rings. The number of amides is 1. The van der Waals surface area contributed by atoms with E-state index in [1.807, 2.05) is 0 Å². The first-order chi connectivity index (χ1) is 9.98. The number of carbonyl (C=O) groups is 1. The number of sulfonamides is 1. The van der Waals surface area contributed by atoms with Gasteiger partial charge in [0.05, 0.1) is 4.90 Å². The summed E-state index contributed by atoms with van der Waals surface area (Å²) in [6, 6.07) is 4.70. The minimum Gasteiger partial charge on any atom is -0.352 e. The first-order valence-electron chi connectivity index (χ1n) is 7.15. The predicted octanol–water partition coefficient (Wildman–Crippen LogP) is 0.0843. The molecular weight excluding hydrogens is 290 g/mol. The molecule has 7 heteroatoms. The molecule has 1 amide bonds. The molecule has 3 N–H and O–H groups in total. The zero-order valence-corrected chi connectivity index (χ0v) is 12.5. The molecule has 21 heavy (non-hydrogen) atoms. The number of carbonyl (C=O) groups excluding carboxylic acids is 1. The van der Waals surface area contributed by atoms with Gasteiger partial charge in [0.15, 0.2) is 0 Å². The van der Waals surface area contributed by atoms with Gasteiger partial charge in [-0.05, 0) is 37.0 Å². The number of benzene rings is 1. The van der Waals surface area contributed by atoms with Crippen molar-refractivity contribution in [1.82, 2.24) is 9.62 Å². The van der Waals surface area contributed by atoms with Crippen molar-refractivity contribution in [2.45, 2.75) is 30.2 Å². The van der Waals surface area contributed by atoms with E-state index in [9.17, 15) is 13.2 Å². The van der Waals surface area contributed by atoms with Crippen LogP contribution >= 0.6 is 0 Å². The molecule has 1 saturated heterocycles. The number of piperidine rings is 1. The minimum absolute atomic E-state index is 0.116. The Labute approximate surface area is 124 Å². The van der Waals surface area contributed by atoms with Crippen LogP contribution in [0.2, 0.25) is 0 Å². The van der Waals surface area contributed by atoms with Gasteiger partial charge in [-0.2, -0.15) is 4.31 Å². The third kappa shape index (κ3) is 2.68. The van der Waals surface area contributed by atoms with Crippen molar-refractivity contribution in [2.75, 3.05) is 19.6 Å². The summed E-state index contributed by atoms with van der Waals surface area (Å²) in [5.41, 5.74) is 7.22. The Morgan fingerprint density at radius 1 is 1.33 bits per heavy atom. The van der Waals surface area contributed by atoms with E-state index in [0.717, 1.165) is 24.8 Å². The Morgan fingerprint density at radius 2 is 2.14 bits per heavy atom. The lowest BCUT2D eigenvalue weighted by Gasteiger charge is -2.30. The lowest BCUT2D eigenvalue weighted by molar-refractivity contribution is 0.0945. The third-order valence-electron chi connectivity index (χ3n) is 4.06. The molecule has 2 aliphatic heterocycles. The van der Waals surface area contributed by atoms with Crippen molar-refractivity contribution in [2.24, 2.45) is 5.73 Å². The molecule has 0 saturated carbocycles. The van der Waals surface area contributed by atoms with Crippen LogP contribution in [0.1, 0.15) is 28.8 Å². The Hall–Kier alpha value is -1.44. The molecule has 1 atom stereocenters. The van der Waals surface area contributed by atoms with E-state index in [2.05, 4.69) is 5.32 Å². The van der Waals surface area contributed by atoms with Crippen LogP contribution in [0.4, 0.5) is 0 Å². The lowest BCUT2D eigenvalue weighted by atomic mass is 10.0. The Kier molecular flexibility index (Phi) is 3.73. The number of hydrogen-bond acceptors (Lipinski definition) is 4. The van der Waals surface area contributed by atoms with Crippen LogP contribution in [0.25, 0.3) is 0 Å². The molecule has 1 aromatic rings. The van der Waals surface area contributed by atoms with Crippen LogP contribution < -0.4 is 11.1 Å². The fourth-order valence-corrected chi connectivity index (χ4v) is 4.45. The van der Waals surface area contributed by atoms with Crippen molar-refractivity contribution in [3.05, 3.63) is 29.3 Å². The minimum atomic E-state index is -3.58. The monoisotopic (exact) mass is 309 g/mol. The second-order valence-electron chi connectivity index (χ2n) is 5.59. The van der Waals surface area contributed by atoms with E-state index in [-0.39, 0.29) is 16.8 Å². The molecule has 114 valence electrons. The number of nitrogens with zero attached hydrogens (tertiary/aromatic N) is 1. The van der Waals surface area contributed by atoms with Gasteiger partial charge >= 0.3 is 0 Å². The number of nitrogens with one attached hydrogen (secondary N) is 1. The quantitative estimate of drug-likeness (QED) is 0.809. The number of fused-ring (bicyclic) bond motifs is 1. The molecule has 0 aliphatic carbocycles. The highest BCUT2D eigenvalue weighted by Crippen LogP contribution is 2.24. The highest BCUT2D eigenvalue weighted by atomic mass is 32.2. The molecule has 1 aromatic carbocycles. The smallest absolute Gasteiger partial charge is 0.251 e. The zero-order valence-electron chi connectivity index (χ0n) is 11.7. The molecule has 0 radical (unpaired) electrons. The Bertz CT molecular complexity index is 672. The van der Waals surface area contributed by atoms with Crippen LogP contribution in [-0.2, 0) is 16.4 Å². The maximum absolute atomic E-state index is 12.7. The second kappa shape index (κ2) is 5.40. The first-order valence-corrected chi connectivity index (χ1v) is 8.59. The molecule has 2 heterocycles. The summed E-state index contributed by atoms with van der Waals surface area (Å²) in [5.74, 6) is -0.205. The summed E-state index contributed by atoms with van der Waals surface area (Å²) in [5, 5.41) is 2.74. The molecular formula is C14H19N3O3S. The first kappa shape index (κ1) is 14.5. The van der Waals surface area contributed by atoms with Gasteiger partial charge in [0.1, 0.15) is 0 Å². The van der Waals surface area contributed by atoms with Crippen molar-refractivity contribution in [3.8, 4) is 0 Å². The largest absolute Gasteiger partial charge is 0.352 e. The average molecular weight is 309 g/mol. The summed E-state index contributed by atoms with van der Waals surface area (Å²) in [6.07, 6.45) is 2.35. The SMILES string of the molecule is NC1CCCN(S(=O)(=O)c2ccc3c(c2)C(=O)NCC3)C1. The zero-order chi connectivity index (χ0) is 15.0. The van der Waals surface area contributed by atoms with E-state index < -0.39 is 10.0 Å². The standard InChI is InChI=1S/C14H19N3O3S/c15-11-2-1-7-17(9-11)21(19,20)12-4-3-10-5-6-16-14(18)13(10)8-12/h3-4,8,11H,1-2,5-7,9,15H2,(H,16,18). The molecule has 3 rings (SSSR count). The summed E-state index contributed by atoms with van der Waals surface area (Å²) in [7, 11) is -3.58. The maximum Gasteiger partial charge on any atom is 0.251 e. The maximum atomic E-state index is 12.7. The van der Waals surface area contributed by atoms with E-state index >= 15 is 0 Å². The second-order valence-corrected chi connectivity index (χ2v) is 7.53. The van der Waals surface area contributed by atoms with Gasteiger partial charge in [0, 0.05) is 31.2 Å². The normalized spacial score (nSPS) is 23.5. The molecule has 1 unspecified atom stereocenters. The van der Waals surface area contributed by atoms with Gasteiger partial charge in [-0.15, -0.1) is 0 Å². The van der Waals surface area contributed by atoms with Crippen LogP contribution in [0, 0.1) is 0 Å². The van der Waals surface area contributed by atoms with E-state index in [4.69, 9.17) is 5.73 Å². The topological polar surface area (TPSA) is 92.5 Å². The van der Waals surface area contributed by atoms with Crippen LogP contribution in [0.15, 0.2) is 23.1 Å². The highest BCUT2D eigenvalue weighted by Gasteiger charge is 2.30. The Balaban J connectivity index is 1.96. The predicted molar refractivity (Wildman–Crippen MR) is 78.4 cm³/mol. The van der Waals surface area contributed by atoms with Crippen LogP contribution in [-0.4, -0.2) is 44.3 Å². The fourth-order valence-electron chi connectivity index (χ4n) is 2.89. The third-order valence-corrected chi connectivity index (χ3v) is 5.93. The summed E-state index contributed by atoms with van der Waals surface area (Å²) in [6.45, 7) is 1.42. The summed E-state index contributed by atoms with van der Waals surface area (Å²) in [4.78, 5) is 12.0. The Morgan fingerprint density at radius 3 is 2.90 bits per heavy atom. The van der Waals surface area contributed by atoms with Crippen LogP contribution in [0.3, 0.4) is 0 Å². The average Bonchev–Trinajstić information content (AvgIpc) is 2.47. The summed E-state index contributed by atoms with van der Waals surface area (Å²) >= 11 is 0. The lowest BCUT2D eigenvalue weighted by Crippen LogP contribution is -2.45. The van der Waals surface area contributed by atoms with Crippen molar-refractivity contribution >= 4 is 15.9 Å². The van der Waals surface area contributed by atoms with E-state index in [0.29, 0.717) is 25.2 Å². The van der Waals surface area contributed by atoms with Crippen molar-refractivity contribution < 1.29 is 13.2 Å². The van der Waals surface area contributed by atoms with Gasteiger partial charge < -0.3 is 11.1 Å². The van der Waals surface area contributed by atoms with E-state index in [1.54, 1.807) is 12.1 Å². The molecule has 0 spiro atoms. The van der Waals surface area contributed by atoms with Crippen molar-refractivity contribution in [3.63, 3.8) is 0 Å². The highest BCUT2D eigenvalue weighted by molar-refractivity contribution is 7.89. The van der Waals surface area contributed by atoms with Crippen LogP contribution in [0.5, 0.6) is 0 Å². The summed E-state index contributed by atoms with van der Waals surface area (Å²) < 4.78 is 26.7. The van der Waals surface area contributed by atoms with Crippen molar-refractivity contribution in [1.29, 1.82) is 0 Å². The van der Waals surface area contributed by atoms with Gasteiger partial charge in [-0.3, -0.25) is 4.79 Å².